The normalized spacial score (nSPS) is 11.3. The van der Waals surface area contributed by atoms with Gasteiger partial charge in [-0.25, -0.2) is 29.9 Å². The Morgan fingerprint density at radius 1 is 0.290 bits per heavy atom. The minimum Gasteiger partial charge on any atom is -0.309 e. The topological polar surface area (TPSA) is 82.3 Å². The molecule has 0 bridgehead atoms. The molecule has 292 valence electrons. The molecule has 8 aromatic carbocycles. The van der Waals surface area contributed by atoms with Gasteiger partial charge >= 0.3 is 0 Å². The van der Waals surface area contributed by atoms with Crippen molar-refractivity contribution < 1.29 is 0 Å². The first-order valence-electron chi connectivity index (χ1n) is 20.6. The van der Waals surface area contributed by atoms with Crippen LogP contribution in [0.1, 0.15) is 5.56 Å². The van der Waals surface area contributed by atoms with Gasteiger partial charge in [0.2, 0.25) is 0 Å². The van der Waals surface area contributed by atoms with Gasteiger partial charge < -0.3 is 4.57 Å². The maximum absolute atomic E-state index is 5.27. The van der Waals surface area contributed by atoms with Gasteiger partial charge in [-0.15, -0.1) is 0 Å². The van der Waals surface area contributed by atoms with Crippen LogP contribution in [0.2, 0.25) is 0 Å². The number of aromatic nitrogens is 7. The van der Waals surface area contributed by atoms with E-state index >= 15 is 0 Å². The van der Waals surface area contributed by atoms with Crippen molar-refractivity contribution in [2.75, 3.05) is 0 Å². The average Bonchev–Trinajstić information content (AvgIpc) is 3.68. The molecule has 7 nitrogen and oxygen atoms in total. The van der Waals surface area contributed by atoms with E-state index in [9.17, 15) is 0 Å². The first-order chi connectivity index (χ1) is 30.6. The summed E-state index contributed by atoms with van der Waals surface area (Å²) in [5, 5.41) is 2.30. The third-order valence-corrected chi connectivity index (χ3v) is 11.2. The molecule has 3 heterocycles. The van der Waals surface area contributed by atoms with Crippen LogP contribution in [0.3, 0.4) is 0 Å². The lowest BCUT2D eigenvalue weighted by molar-refractivity contribution is 1.06. The quantitative estimate of drug-likeness (QED) is 0.152. The van der Waals surface area contributed by atoms with Crippen molar-refractivity contribution in [3.8, 4) is 85.1 Å². The maximum atomic E-state index is 5.27. The van der Waals surface area contributed by atoms with Gasteiger partial charge in [0.1, 0.15) is 0 Å². The van der Waals surface area contributed by atoms with Crippen molar-refractivity contribution in [2.45, 2.75) is 6.92 Å². The van der Waals surface area contributed by atoms with Gasteiger partial charge in [-0.1, -0.05) is 175 Å². The smallest absolute Gasteiger partial charge is 0.166 e. The van der Waals surface area contributed by atoms with E-state index in [4.69, 9.17) is 29.9 Å². The standard InChI is InChI=1S/C55H37N7/c1-36-26-28-37(29-27-36)42-30-32-48-45(34-42)44-24-14-15-25-47(44)62(48)49-33-31-43(54-58-50(38-16-6-2-7-17-38)56-51(59-54)39-18-8-3-9-19-39)35-46(49)55-60-52(40-20-10-4-11-21-40)57-53(61-55)41-22-12-5-13-23-41/h2-35H,1H3. The fraction of sp³-hybridized carbons (Fsp3) is 0.0182. The van der Waals surface area contributed by atoms with Crippen LogP contribution < -0.4 is 0 Å². The van der Waals surface area contributed by atoms with Crippen LogP contribution in [0, 0.1) is 6.92 Å². The lowest BCUT2D eigenvalue weighted by Gasteiger charge is -2.16. The summed E-state index contributed by atoms with van der Waals surface area (Å²) in [5.41, 5.74) is 11.8. The van der Waals surface area contributed by atoms with E-state index in [1.165, 1.54) is 11.1 Å². The Morgan fingerprint density at radius 2 is 0.694 bits per heavy atom. The Labute approximate surface area is 358 Å². The van der Waals surface area contributed by atoms with Crippen LogP contribution >= 0.6 is 0 Å². The van der Waals surface area contributed by atoms with Gasteiger partial charge in [-0.05, 0) is 54.4 Å². The lowest BCUT2D eigenvalue weighted by atomic mass is 10.0. The lowest BCUT2D eigenvalue weighted by Crippen LogP contribution is -2.05. The molecule has 11 rings (SSSR count). The van der Waals surface area contributed by atoms with Crippen molar-refractivity contribution in [1.82, 2.24) is 34.5 Å². The molecular weight excluding hydrogens is 759 g/mol. The van der Waals surface area contributed by atoms with Crippen molar-refractivity contribution in [3.05, 3.63) is 212 Å². The molecule has 0 aliphatic heterocycles. The Balaban J connectivity index is 1.19. The molecule has 0 saturated carbocycles. The molecule has 0 saturated heterocycles. The second-order valence-electron chi connectivity index (χ2n) is 15.3. The Kier molecular flexibility index (Phi) is 9.24. The molecule has 11 aromatic rings. The zero-order valence-corrected chi connectivity index (χ0v) is 33.8. The van der Waals surface area contributed by atoms with Gasteiger partial charge in [0.15, 0.2) is 34.9 Å². The van der Waals surface area contributed by atoms with E-state index in [0.29, 0.717) is 34.9 Å². The van der Waals surface area contributed by atoms with E-state index in [0.717, 1.165) is 66.4 Å². The summed E-state index contributed by atoms with van der Waals surface area (Å²) >= 11 is 0. The summed E-state index contributed by atoms with van der Waals surface area (Å²) in [6.45, 7) is 2.12. The highest BCUT2D eigenvalue weighted by molar-refractivity contribution is 6.11. The number of para-hydroxylation sites is 1. The third-order valence-electron chi connectivity index (χ3n) is 11.2. The van der Waals surface area contributed by atoms with E-state index in [2.05, 4.69) is 96.4 Å². The predicted octanol–water partition coefficient (Wildman–Crippen LogP) is 13.1. The highest BCUT2D eigenvalue weighted by Gasteiger charge is 2.22. The third kappa shape index (κ3) is 6.87. The highest BCUT2D eigenvalue weighted by Crippen LogP contribution is 2.39. The maximum Gasteiger partial charge on any atom is 0.166 e. The Hall–Kier alpha value is -8.42. The van der Waals surface area contributed by atoms with Crippen LogP contribution in [0.25, 0.3) is 107 Å². The monoisotopic (exact) mass is 795 g/mol. The van der Waals surface area contributed by atoms with Crippen LogP contribution in [-0.2, 0) is 0 Å². The van der Waals surface area contributed by atoms with Crippen LogP contribution in [0.15, 0.2) is 206 Å². The van der Waals surface area contributed by atoms with Gasteiger partial charge in [0.25, 0.3) is 0 Å². The molecule has 0 atom stereocenters. The molecule has 62 heavy (non-hydrogen) atoms. The van der Waals surface area contributed by atoms with E-state index in [-0.39, 0.29) is 0 Å². The van der Waals surface area contributed by atoms with Crippen LogP contribution in [-0.4, -0.2) is 34.5 Å². The SMILES string of the molecule is Cc1ccc(-c2ccc3c(c2)c2ccccc2n3-c2ccc(-c3nc(-c4ccccc4)nc(-c4ccccc4)n3)cc2-c2nc(-c3ccccc3)nc(-c3ccccc3)n2)cc1. The van der Waals surface area contributed by atoms with Gasteiger partial charge in [-0.3, -0.25) is 0 Å². The van der Waals surface area contributed by atoms with Gasteiger partial charge in [0.05, 0.1) is 16.7 Å². The average molecular weight is 796 g/mol. The number of fused-ring (bicyclic) bond motifs is 3. The largest absolute Gasteiger partial charge is 0.309 e. The molecule has 0 radical (unpaired) electrons. The first-order valence-corrected chi connectivity index (χ1v) is 20.6. The summed E-state index contributed by atoms with van der Waals surface area (Å²) in [4.78, 5) is 30.8. The Morgan fingerprint density at radius 3 is 1.21 bits per heavy atom. The fourth-order valence-corrected chi connectivity index (χ4v) is 8.07. The summed E-state index contributed by atoms with van der Waals surface area (Å²) < 4.78 is 2.33. The molecule has 0 unspecified atom stereocenters. The second kappa shape index (κ2) is 15.6. The summed E-state index contributed by atoms with van der Waals surface area (Å²) in [6.07, 6.45) is 0. The summed E-state index contributed by atoms with van der Waals surface area (Å²) in [6, 6.07) is 70.6. The molecule has 0 amide bonds. The molecular formula is C55H37N7. The summed E-state index contributed by atoms with van der Waals surface area (Å²) in [5.74, 6) is 3.39. The van der Waals surface area contributed by atoms with Crippen LogP contribution in [0.5, 0.6) is 0 Å². The number of aryl methyl sites for hydroxylation is 1. The molecule has 0 N–H and O–H groups in total. The van der Waals surface area contributed by atoms with E-state index < -0.39 is 0 Å². The van der Waals surface area contributed by atoms with Crippen molar-refractivity contribution in [2.24, 2.45) is 0 Å². The molecule has 0 aliphatic carbocycles. The van der Waals surface area contributed by atoms with E-state index in [1.807, 2.05) is 121 Å². The minimum absolute atomic E-state index is 0.525. The first kappa shape index (κ1) is 36.6. The highest BCUT2D eigenvalue weighted by atomic mass is 15.1. The minimum atomic E-state index is 0.525. The van der Waals surface area contributed by atoms with Crippen molar-refractivity contribution >= 4 is 21.8 Å². The summed E-state index contributed by atoms with van der Waals surface area (Å²) in [7, 11) is 0. The number of hydrogen-bond donors (Lipinski definition) is 0. The molecule has 7 heteroatoms. The number of hydrogen-bond acceptors (Lipinski definition) is 6. The zero-order valence-electron chi connectivity index (χ0n) is 33.8. The van der Waals surface area contributed by atoms with E-state index in [1.54, 1.807) is 0 Å². The van der Waals surface area contributed by atoms with Gasteiger partial charge in [-0.2, -0.15) is 0 Å². The fourth-order valence-electron chi connectivity index (χ4n) is 8.07. The van der Waals surface area contributed by atoms with Crippen molar-refractivity contribution in [3.63, 3.8) is 0 Å². The molecule has 0 fully saturated rings. The Bertz CT molecular complexity index is 3270. The predicted molar refractivity (Wildman–Crippen MR) is 250 cm³/mol. The number of rotatable bonds is 8. The second-order valence-corrected chi connectivity index (χ2v) is 15.3. The molecule has 0 spiro atoms. The number of nitrogens with zero attached hydrogens (tertiary/aromatic N) is 7. The molecule has 3 aromatic heterocycles. The molecule has 0 aliphatic rings. The van der Waals surface area contributed by atoms with Gasteiger partial charge in [0, 0.05) is 44.2 Å². The zero-order chi connectivity index (χ0) is 41.4. The van der Waals surface area contributed by atoms with Crippen molar-refractivity contribution in [1.29, 1.82) is 0 Å². The number of benzene rings is 8. The van der Waals surface area contributed by atoms with Crippen LogP contribution in [0.4, 0.5) is 0 Å².